The van der Waals surface area contributed by atoms with Gasteiger partial charge in [0.05, 0.1) is 16.2 Å². The van der Waals surface area contributed by atoms with Crippen LogP contribution in [0, 0.1) is 17.0 Å². The minimum absolute atomic E-state index is 0.0304. The molecule has 0 amide bonds. The zero-order valence-corrected chi connectivity index (χ0v) is 12.7. The molecule has 4 rings (SSSR count). The standard InChI is InChI=1S/C17H12N4O3/c1-10-2-7-13-15(8-10)18-9-14-16(13)19-20(17(14)22)11-3-5-12(6-4-11)21(23)24/h2-9,18H,1H3. The summed E-state index contributed by atoms with van der Waals surface area (Å²) in [6.45, 7) is 1.99. The predicted octanol–water partition coefficient (Wildman–Crippen LogP) is 3.04. The van der Waals surface area contributed by atoms with Gasteiger partial charge in [0.25, 0.3) is 11.2 Å². The van der Waals surface area contributed by atoms with Crippen molar-refractivity contribution in [1.82, 2.24) is 14.8 Å². The van der Waals surface area contributed by atoms with Gasteiger partial charge in [-0.1, -0.05) is 12.1 Å². The Labute approximate surface area is 135 Å². The van der Waals surface area contributed by atoms with Gasteiger partial charge in [-0.2, -0.15) is 9.78 Å². The molecule has 118 valence electrons. The fourth-order valence-corrected chi connectivity index (χ4v) is 2.77. The van der Waals surface area contributed by atoms with Gasteiger partial charge in [-0.15, -0.1) is 0 Å². The van der Waals surface area contributed by atoms with Crippen LogP contribution in [-0.4, -0.2) is 19.7 Å². The van der Waals surface area contributed by atoms with E-state index in [2.05, 4.69) is 10.1 Å². The maximum Gasteiger partial charge on any atom is 0.282 e. The second-order valence-electron chi connectivity index (χ2n) is 5.59. The lowest BCUT2D eigenvalue weighted by atomic mass is 10.1. The van der Waals surface area contributed by atoms with Crippen molar-refractivity contribution in [2.75, 3.05) is 0 Å². The summed E-state index contributed by atoms with van der Waals surface area (Å²) in [7, 11) is 0. The quantitative estimate of drug-likeness (QED) is 0.454. The zero-order chi connectivity index (χ0) is 16.8. The highest BCUT2D eigenvalue weighted by molar-refractivity contribution is 5.93. The molecule has 2 aliphatic heterocycles. The lowest BCUT2D eigenvalue weighted by molar-refractivity contribution is -0.384. The molecule has 7 heteroatoms. The highest BCUT2D eigenvalue weighted by atomic mass is 16.6. The lowest BCUT2D eigenvalue weighted by Crippen LogP contribution is -2.14. The van der Waals surface area contributed by atoms with Crippen molar-refractivity contribution in [3.8, 4) is 16.9 Å². The number of nitrogens with one attached hydrogen (secondary N) is 1. The van der Waals surface area contributed by atoms with E-state index in [0.717, 1.165) is 16.5 Å². The Balaban J connectivity index is 1.95. The molecule has 2 aromatic rings. The molecule has 1 N–H and O–H groups in total. The summed E-state index contributed by atoms with van der Waals surface area (Å²) >= 11 is 0. The van der Waals surface area contributed by atoms with Gasteiger partial charge in [0.15, 0.2) is 0 Å². The van der Waals surface area contributed by atoms with E-state index in [0.29, 0.717) is 16.9 Å². The van der Waals surface area contributed by atoms with E-state index < -0.39 is 4.92 Å². The molecule has 0 radical (unpaired) electrons. The van der Waals surface area contributed by atoms with Crippen molar-refractivity contribution in [1.29, 1.82) is 0 Å². The molecular weight excluding hydrogens is 308 g/mol. The monoisotopic (exact) mass is 320 g/mol. The molecule has 0 bridgehead atoms. The van der Waals surface area contributed by atoms with E-state index >= 15 is 0 Å². The first kappa shape index (κ1) is 14.1. The van der Waals surface area contributed by atoms with Gasteiger partial charge in [0.2, 0.25) is 0 Å². The maximum atomic E-state index is 12.6. The molecule has 0 spiro atoms. The minimum atomic E-state index is -0.480. The summed E-state index contributed by atoms with van der Waals surface area (Å²) in [5.74, 6) is 0. The predicted molar refractivity (Wildman–Crippen MR) is 89.7 cm³/mol. The number of fused-ring (bicyclic) bond motifs is 3. The van der Waals surface area contributed by atoms with Gasteiger partial charge in [0.1, 0.15) is 5.69 Å². The van der Waals surface area contributed by atoms with E-state index in [1.807, 2.05) is 25.1 Å². The number of nitrogens with zero attached hydrogens (tertiary/aromatic N) is 3. The van der Waals surface area contributed by atoms with Gasteiger partial charge < -0.3 is 4.98 Å². The Kier molecular flexibility index (Phi) is 2.96. The number of rotatable bonds is 2. The molecule has 24 heavy (non-hydrogen) atoms. The number of aromatic amines is 1. The van der Waals surface area contributed by atoms with Crippen LogP contribution in [0.25, 0.3) is 27.8 Å². The van der Waals surface area contributed by atoms with Crippen molar-refractivity contribution in [2.45, 2.75) is 6.92 Å². The van der Waals surface area contributed by atoms with Crippen LogP contribution >= 0.6 is 0 Å². The number of nitro benzene ring substituents is 1. The molecule has 0 aromatic heterocycles. The highest BCUT2D eigenvalue weighted by Gasteiger charge is 2.19. The Morgan fingerprint density at radius 1 is 1.17 bits per heavy atom. The molecule has 2 heterocycles. The maximum absolute atomic E-state index is 12.6. The number of non-ortho nitro benzene ring substituents is 1. The van der Waals surface area contributed by atoms with E-state index in [9.17, 15) is 14.9 Å². The fourth-order valence-electron chi connectivity index (χ4n) is 2.77. The molecule has 0 atom stereocenters. The molecule has 7 nitrogen and oxygen atoms in total. The Morgan fingerprint density at radius 2 is 1.92 bits per heavy atom. The van der Waals surface area contributed by atoms with Gasteiger partial charge in [-0.3, -0.25) is 14.9 Å². The van der Waals surface area contributed by atoms with E-state index in [-0.39, 0.29) is 11.2 Å². The molecule has 0 unspecified atom stereocenters. The average Bonchev–Trinajstić information content (AvgIpc) is 2.92. The number of benzene rings is 2. The minimum Gasteiger partial charge on any atom is -0.360 e. The number of nitro groups is 1. The first-order valence-electron chi connectivity index (χ1n) is 7.30. The molecule has 2 aromatic carbocycles. The lowest BCUT2D eigenvalue weighted by Gasteiger charge is -2.03. The first-order valence-corrected chi connectivity index (χ1v) is 7.30. The van der Waals surface area contributed by atoms with Crippen molar-refractivity contribution < 1.29 is 4.92 Å². The highest BCUT2D eigenvalue weighted by Crippen LogP contribution is 2.26. The summed E-state index contributed by atoms with van der Waals surface area (Å²) in [5, 5.41) is 16.0. The smallest absolute Gasteiger partial charge is 0.282 e. The van der Waals surface area contributed by atoms with Crippen molar-refractivity contribution >= 4 is 16.6 Å². The second kappa shape index (κ2) is 5.02. The van der Waals surface area contributed by atoms with Crippen LogP contribution in [0.5, 0.6) is 0 Å². The third-order valence-electron chi connectivity index (χ3n) is 3.99. The number of hydrogen-bond acceptors (Lipinski definition) is 4. The van der Waals surface area contributed by atoms with Gasteiger partial charge >= 0.3 is 0 Å². The van der Waals surface area contributed by atoms with E-state index in [1.165, 1.54) is 28.9 Å². The SMILES string of the molecule is Cc1ccc2c3nn(-c4ccc([N+](=O)[O-])cc4)c(=O)c-3c[nH]c2c1. The topological polar surface area (TPSA) is 93.8 Å². The largest absolute Gasteiger partial charge is 0.360 e. The Hall–Kier alpha value is -3.48. The first-order chi connectivity index (χ1) is 11.5. The molecule has 0 aliphatic carbocycles. The second-order valence-corrected chi connectivity index (χ2v) is 5.59. The summed E-state index contributed by atoms with van der Waals surface area (Å²) in [4.78, 5) is 26.0. The van der Waals surface area contributed by atoms with E-state index in [1.54, 1.807) is 6.20 Å². The molecule has 2 aliphatic rings. The van der Waals surface area contributed by atoms with Crippen molar-refractivity contribution in [2.24, 2.45) is 0 Å². The molecule has 0 fully saturated rings. The van der Waals surface area contributed by atoms with Crippen LogP contribution in [-0.2, 0) is 0 Å². The van der Waals surface area contributed by atoms with Crippen LogP contribution in [0.15, 0.2) is 53.5 Å². The van der Waals surface area contributed by atoms with Crippen LogP contribution in [0.2, 0.25) is 0 Å². The van der Waals surface area contributed by atoms with Gasteiger partial charge in [0, 0.05) is 29.2 Å². The van der Waals surface area contributed by atoms with Crippen LogP contribution < -0.4 is 5.56 Å². The van der Waals surface area contributed by atoms with Gasteiger partial charge in [-0.05, 0) is 30.7 Å². The normalized spacial score (nSPS) is 11.2. The summed E-state index contributed by atoms with van der Waals surface area (Å²) in [6.07, 6.45) is 1.65. The van der Waals surface area contributed by atoms with E-state index in [4.69, 9.17) is 0 Å². The number of hydrogen-bond donors (Lipinski definition) is 1. The third kappa shape index (κ3) is 2.06. The average molecular weight is 320 g/mol. The van der Waals surface area contributed by atoms with Gasteiger partial charge in [-0.25, -0.2) is 0 Å². The van der Waals surface area contributed by atoms with Crippen LogP contribution in [0.3, 0.4) is 0 Å². The molecular formula is C17H12N4O3. The van der Waals surface area contributed by atoms with Crippen LogP contribution in [0.4, 0.5) is 5.69 Å². The Morgan fingerprint density at radius 3 is 2.62 bits per heavy atom. The molecule has 0 saturated heterocycles. The Bertz CT molecular complexity index is 1110. The number of aryl methyl sites for hydroxylation is 1. The summed E-state index contributed by atoms with van der Waals surface area (Å²) in [5.41, 5.74) is 3.28. The fraction of sp³-hybridized carbons (Fsp3) is 0.0588. The third-order valence-corrected chi connectivity index (χ3v) is 3.99. The number of pyridine rings is 1. The number of H-pyrrole nitrogens is 1. The summed E-state index contributed by atoms with van der Waals surface area (Å²) < 4.78 is 1.27. The van der Waals surface area contributed by atoms with Crippen molar-refractivity contribution in [3.63, 3.8) is 0 Å². The van der Waals surface area contributed by atoms with Crippen molar-refractivity contribution in [3.05, 3.63) is 74.7 Å². The zero-order valence-electron chi connectivity index (χ0n) is 12.7. The molecule has 0 saturated carbocycles. The van der Waals surface area contributed by atoms with Crippen LogP contribution in [0.1, 0.15) is 5.56 Å². The summed E-state index contributed by atoms with van der Waals surface area (Å²) in [6, 6.07) is 11.6. The number of aromatic nitrogens is 3.